The number of nitrogens with one attached hydrogen (secondary N) is 1. The summed E-state index contributed by atoms with van der Waals surface area (Å²) in [7, 11) is 2.14. The molecule has 7 heteroatoms. The molecule has 1 aromatic heterocycles. The molecule has 152 valence electrons. The molecule has 0 spiro atoms. The second kappa shape index (κ2) is 8.61. The topological polar surface area (TPSA) is 68.8 Å². The maximum absolute atomic E-state index is 12.5. The van der Waals surface area contributed by atoms with Crippen molar-refractivity contribution in [2.24, 2.45) is 5.92 Å². The highest BCUT2D eigenvalue weighted by Gasteiger charge is 2.35. The summed E-state index contributed by atoms with van der Waals surface area (Å²) in [6, 6.07) is 11.9. The van der Waals surface area contributed by atoms with Gasteiger partial charge in [-0.1, -0.05) is 0 Å². The standard InChI is InChI=1S/C22H27N5O2/c1-25-10-12-26(13-11-25)19-2-4-20(5-3-19)27-16-18(14-21(27)28)22(29)24-15-17-6-8-23-9-7-17/h2-9,18H,10-16H2,1H3,(H,24,29). The molecule has 1 unspecified atom stereocenters. The molecule has 0 aliphatic carbocycles. The minimum atomic E-state index is -0.318. The molecule has 2 amide bonds. The Bertz CT molecular complexity index is 847. The number of piperazine rings is 1. The van der Waals surface area contributed by atoms with Crippen LogP contribution in [0.4, 0.5) is 11.4 Å². The van der Waals surface area contributed by atoms with Crippen LogP contribution in [-0.2, 0) is 16.1 Å². The van der Waals surface area contributed by atoms with Crippen LogP contribution in [0, 0.1) is 5.92 Å². The third kappa shape index (κ3) is 4.56. The van der Waals surface area contributed by atoms with Gasteiger partial charge in [0.25, 0.3) is 0 Å². The number of benzene rings is 1. The second-order valence-corrected chi connectivity index (χ2v) is 7.79. The van der Waals surface area contributed by atoms with Gasteiger partial charge in [-0.25, -0.2) is 0 Å². The Morgan fingerprint density at radius 2 is 1.69 bits per heavy atom. The Morgan fingerprint density at radius 1 is 1.03 bits per heavy atom. The molecule has 2 fully saturated rings. The number of carbonyl (C=O) groups excluding carboxylic acids is 2. The number of hydrogen-bond donors (Lipinski definition) is 1. The predicted molar refractivity (Wildman–Crippen MR) is 113 cm³/mol. The van der Waals surface area contributed by atoms with Crippen molar-refractivity contribution in [3.05, 3.63) is 54.4 Å². The molecule has 1 N–H and O–H groups in total. The van der Waals surface area contributed by atoms with Gasteiger partial charge in [0.15, 0.2) is 0 Å². The van der Waals surface area contributed by atoms with E-state index in [1.165, 1.54) is 5.69 Å². The van der Waals surface area contributed by atoms with Crippen LogP contribution in [0.3, 0.4) is 0 Å². The van der Waals surface area contributed by atoms with E-state index in [-0.39, 0.29) is 24.2 Å². The van der Waals surface area contributed by atoms with Gasteiger partial charge in [-0.3, -0.25) is 14.6 Å². The highest BCUT2D eigenvalue weighted by molar-refractivity contribution is 6.00. The Hall–Kier alpha value is -2.93. The van der Waals surface area contributed by atoms with Gasteiger partial charge in [0.05, 0.1) is 5.92 Å². The molecule has 2 aliphatic heterocycles. The number of carbonyl (C=O) groups is 2. The number of nitrogens with zero attached hydrogens (tertiary/aromatic N) is 4. The zero-order valence-electron chi connectivity index (χ0n) is 16.8. The minimum Gasteiger partial charge on any atom is -0.369 e. The number of aromatic nitrogens is 1. The van der Waals surface area contributed by atoms with Crippen molar-refractivity contribution in [1.82, 2.24) is 15.2 Å². The van der Waals surface area contributed by atoms with Crippen LogP contribution in [0.15, 0.2) is 48.8 Å². The van der Waals surface area contributed by atoms with E-state index >= 15 is 0 Å². The van der Waals surface area contributed by atoms with E-state index < -0.39 is 0 Å². The molecule has 2 aliphatic rings. The lowest BCUT2D eigenvalue weighted by Gasteiger charge is -2.34. The van der Waals surface area contributed by atoms with Crippen molar-refractivity contribution in [2.75, 3.05) is 49.6 Å². The number of anilines is 2. The van der Waals surface area contributed by atoms with Gasteiger partial charge in [-0.15, -0.1) is 0 Å². The first kappa shape index (κ1) is 19.4. The third-order valence-electron chi connectivity index (χ3n) is 5.74. The molecule has 4 rings (SSSR count). The van der Waals surface area contributed by atoms with Crippen molar-refractivity contribution in [3.8, 4) is 0 Å². The van der Waals surface area contributed by atoms with E-state index in [0.29, 0.717) is 13.1 Å². The highest BCUT2D eigenvalue weighted by Crippen LogP contribution is 2.27. The van der Waals surface area contributed by atoms with Crippen LogP contribution >= 0.6 is 0 Å². The van der Waals surface area contributed by atoms with Gasteiger partial charge >= 0.3 is 0 Å². The summed E-state index contributed by atoms with van der Waals surface area (Å²) in [5.41, 5.74) is 3.03. The summed E-state index contributed by atoms with van der Waals surface area (Å²) in [5.74, 6) is -0.394. The zero-order chi connectivity index (χ0) is 20.2. The molecular formula is C22H27N5O2. The van der Waals surface area contributed by atoms with Crippen LogP contribution in [-0.4, -0.2) is 61.5 Å². The van der Waals surface area contributed by atoms with Crippen LogP contribution in [0.1, 0.15) is 12.0 Å². The summed E-state index contributed by atoms with van der Waals surface area (Å²) in [6.45, 7) is 5.02. The first-order valence-electron chi connectivity index (χ1n) is 10.1. The average Bonchev–Trinajstić information content (AvgIpc) is 3.15. The van der Waals surface area contributed by atoms with Gasteiger partial charge in [-0.2, -0.15) is 0 Å². The molecule has 0 saturated carbocycles. The quantitative estimate of drug-likeness (QED) is 0.834. The van der Waals surface area contributed by atoms with Gasteiger partial charge < -0.3 is 20.0 Å². The van der Waals surface area contributed by atoms with Crippen LogP contribution in [0.25, 0.3) is 0 Å². The molecule has 7 nitrogen and oxygen atoms in total. The predicted octanol–water partition coefficient (Wildman–Crippen LogP) is 1.50. The maximum atomic E-state index is 12.5. The summed E-state index contributed by atoms with van der Waals surface area (Å²) in [5, 5.41) is 2.93. The van der Waals surface area contributed by atoms with Crippen LogP contribution in [0.2, 0.25) is 0 Å². The number of rotatable bonds is 5. The Kier molecular flexibility index (Phi) is 5.76. The van der Waals surface area contributed by atoms with Crippen molar-refractivity contribution in [3.63, 3.8) is 0 Å². The molecule has 1 aromatic carbocycles. The van der Waals surface area contributed by atoms with Crippen molar-refractivity contribution >= 4 is 23.2 Å². The second-order valence-electron chi connectivity index (χ2n) is 7.79. The van der Waals surface area contributed by atoms with Crippen molar-refractivity contribution in [1.29, 1.82) is 0 Å². The summed E-state index contributed by atoms with van der Waals surface area (Å²) < 4.78 is 0. The summed E-state index contributed by atoms with van der Waals surface area (Å²) >= 11 is 0. The van der Waals surface area contributed by atoms with Gasteiger partial charge in [0.2, 0.25) is 11.8 Å². The number of pyridine rings is 1. The molecule has 0 radical (unpaired) electrons. The number of hydrogen-bond acceptors (Lipinski definition) is 5. The lowest BCUT2D eigenvalue weighted by Crippen LogP contribution is -2.44. The molecule has 2 saturated heterocycles. The number of likely N-dealkylation sites (N-methyl/N-ethyl adjacent to an activating group) is 1. The summed E-state index contributed by atoms with van der Waals surface area (Å²) in [6.07, 6.45) is 3.66. The van der Waals surface area contributed by atoms with E-state index in [0.717, 1.165) is 37.4 Å². The molecule has 0 bridgehead atoms. The van der Waals surface area contributed by atoms with E-state index in [2.05, 4.69) is 39.3 Å². The third-order valence-corrected chi connectivity index (χ3v) is 5.74. The smallest absolute Gasteiger partial charge is 0.227 e. The fourth-order valence-corrected chi connectivity index (χ4v) is 3.87. The fraction of sp³-hybridized carbons (Fsp3) is 0.409. The van der Waals surface area contributed by atoms with E-state index in [4.69, 9.17) is 0 Å². The van der Waals surface area contributed by atoms with Gasteiger partial charge in [-0.05, 0) is 49.0 Å². The summed E-state index contributed by atoms with van der Waals surface area (Å²) in [4.78, 5) is 35.4. The maximum Gasteiger partial charge on any atom is 0.227 e. The first-order chi connectivity index (χ1) is 14.1. The fourth-order valence-electron chi connectivity index (χ4n) is 3.87. The normalized spacial score (nSPS) is 20.2. The van der Waals surface area contributed by atoms with E-state index in [1.54, 1.807) is 17.3 Å². The molecule has 2 aromatic rings. The molecule has 1 atom stereocenters. The molecular weight excluding hydrogens is 366 g/mol. The largest absolute Gasteiger partial charge is 0.369 e. The van der Waals surface area contributed by atoms with Crippen molar-refractivity contribution in [2.45, 2.75) is 13.0 Å². The van der Waals surface area contributed by atoms with Crippen molar-refractivity contribution < 1.29 is 9.59 Å². The van der Waals surface area contributed by atoms with Crippen LogP contribution in [0.5, 0.6) is 0 Å². The van der Waals surface area contributed by atoms with Crippen LogP contribution < -0.4 is 15.1 Å². The monoisotopic (exact) mass is 393 g/mol. The minimum absolute atomic E-state index is 0.00130. The highest BCUT2D eigenvalue weighted by atomic mass is 16.2. The lowest BCUT2D eigenvalue weighted by atomic mass is 10.1. The van der Waals surface area contributed by atoms with E-state index in [1.807, 2.05) is 24.3 Å². The van der Waals surface area contributed by atoms with E-state index in [9.17, 15) is 9.59 Å². The zero-order valence-corrected chi connectivity index (χ0v) is 16.8. The number of amides is 2. The van der Waals surface area contributed by atoms with Gasteiger partial charge in [0.1, 0.15) is 0 Å². The Labute approximate surface area is 171 Å². The SMILES string of the molecule is CN1CCN(c2ccc(N3CC(C(=O)NCc4ccncc4)CC3=O)cc2)CC1. The first-order valence-corrected chi connectivity index (χ1v) is 10.1. The average molecular weight is 393 g/mol. The Morgan fingerprint density at radius 3 is 2.38 bits per heavy atom. The Balaban J connectivity index is 1.34. The van der Waals surface area contributed by atoms with Gasteiger partial charge in [0, 0.05) is 69.5 Å². The molecule has 29 heavy (non-hydrogen) atoms. The molecule has 3 heterocycles. The lowest BCUT2D eigenvalue weighted by molar-refractivity contribution is -0.126.